The molecule has 1 amide bonds. The number of hydrogen-bond donors (Lipinski definition) is 1. The third-order valence-electron chi connectivity index (χ3n) is 6.50. The number of amides is 1. The molecule has 10 nitrogen and oxygen atoms in total. The summed E-state index contributed by atoms with van der Waals surface area (Å²) in [7, 11) is 0. The van der Waals surface area contributed by atoms with Crippen LogP contribution in [0.15, 0.2) is 71.7 Å². The molecule has 1 aliphatic heterocycles. The highest BCUT2D eigenvalue weighted by Gasteiger charge is 2.19. The van der Waals surface area contributed by atoms with Crippen molar-refractivity contribution in [1.82, 2.24) is 24.5 Å². The molecule has 0 radical (unpaired) electrons. The molecular formula is C29H24FN5O5. The van der Waals surface area contributed by atoms with Gasteiger partial charge in [-0.05, 0) is 74.0 Å². The van der Waals surface area contributed by atoms with Crippen molar-refractivity contribution in [2.75, 3.05) is 13.4 Å². The minimum atomic E-state index is -0.346. The lowest BCUT2D eigenvalue weighted by Gasteiger charge is -2.12. The van der Waals surface area contributed by atoms with Gasteiger partial charge in [0.15, 0.2) is 29.5 Å². The first-order valence-electron chi connectivity index (χ1n) is 12.5. The van der Waals surface area contributed by atoms with Crippen molar-refractivity contribution in [2.45, 2.75) is 20.4 Å². The number of pyridine rings is 1. The standard InChI is InChI=1S/C29H24FN5O5/c1-17-12-22(33-35(17)21-8-6-20(30)7-9-21)27-18(2)32-28-24(4-3-11-34(28)29(27)37)38-15-26(36)31-14-19-5-10-23-25(13-19)40-16-39-23/h3-13H,14-16H2,1-2H3,(H,31,36). The van der Waals surface area contributed by atoms with Crippen molar-refractivity contribution >= 4 is 11.6 Å². The van der Waals surface area contributed by atoms with E-state index in [-0.39, 0.29) is 36.3 Å². The van der Waals surface area contributed by atoms with Crippen molar-refractivity contribution in [3.63, 3.8) is 0 Å². The molecule has 202 valence electrons. The van der Waals surface area contributed by atoms with Gasteiger partial charge in [-0.1, -0.05) is 6.07 Å². The molecule has 0 fully saturated rings. The number of halogens is 1. The lowest BCUT2D eigenvalue weighted by atomic mass is 10.1. The van der Waals surface area contributed by atoms with Gasteiger partial charge in [0.05, 0.1) is 16.9 Å². The van der Waals surface area contributed by atoms with E-state index in [1.165, 1.54) is 16.5 Å². The van der Waals surface area contributed by atoms with Gasteiger partial charge in [0.2, 0.25) is 6.79 Å². The topological polar surface area (TPSA) is 109 Å². The smallest absolute Gasteiger partial charge is 0.267 e. The normalized spacial score (nSPS) is 12.1. The number of carbonyl (C=O) groups is 1. The number of fused-ring (bicyclic) bond motifs is 2. The van der Waals surface area contributed by atoms with Crippen LogP contribution in [-0.4, -0.2) is 38.5 Å². The largest absolute Gasteiger partial charge is 0.480 e. The fourth-order valence-electron chi connectivity index (χ4n) is 4.54. The van der Waals surface area contributed by atoms with Crippen LogP contribution in [-0.2, 0) is 11.3 Å². The molecule has 0 atom stereocenters. The molecule has 11 heteroatoms. The van der Waals surface area contributed by atoms with Gasteiger partial charge in [-0.3, -0.25) is 14.0 Å². The lowest BCUT2D eigenvalue weighted by molar-refractivity contribution is -0.123. The fourth-order valence-corrected chi connectivity index (χ4v) is 4.54. The van der Waals surface area contributed by atoms with E-state index in [4.69, 9.17) is 14.2 Å². The number of benzene rings is 2. The Morgan fingerprint density at radius 2 is 1.88 bits per heavy atom. The Kier molecular flexibility index (Phi) is 6.39. The number of carbonyl (C=O) groups excluding carboxylic acids is 1. The summed E-state index contributed by atoms with van der Waals surface area (Å²) in [6.07, 6.45) is 1.59. The van der Waals surface area contributed by atoms with Crippen molar-refractivity contribution < 1.29 is 23.4 Å². The first kappa shape index (κ1) is 25.1. The fraction of sp³-hybridized carbons (Fsp3) is 0.172. The third-order valence-corrected chi connectivity index (χ3v) is 6.50. The SMILES string of the molecule is Cc1nc2c(OCC(=O)NCc3ccc4c(c3)OCO4)cccn2c(=O)c1-c1cc(C)n(-c2ccc(F)cc2)n1. The molecule has 40 heavy (non-hydrogen) atoms. The number of aryl methyl sites for hydroxylation is 2. The van der Waals surface area contributed by atoms with Crippen LogP contribution in [0.4, 0.5) is 4.39 Å². The van der Waals surface area contributed by atoms with Gasteiger partial charge in [0.25, 0.3) is 11.5 Å². The average molecular weight is 542 g/mol. The molecule has 5 aromatic rings. The lowest BCUT2D eigenvalue weighted by Crippen LogP contribution is -2.28. The zero-order valence-corrected chi connectivity index (χ0v) is 21.7. The van der Waals surface area contributed by atoms with E-state index >= 15 is 0 Å². The van der Waals surface area contributed by atoms with Gasteiger partial charge in [0.1, 0.15) is 11.5 Å². The van der Waals surface area contributed by atoms with Gasteiger partial charge >= 0.3 is 0 Å². The number of hydrogen-bond acceptors (Lipinski definition) is 7. The van der Waals surface area contributed by atoms with Crippen LogP contribution in [0.2, 0.25) is 0 Å². The molecule has 3 aromatic heterocycles. The van der Waals surface area contributed by atoms with E-state index in [1.54, 1.807) is 54.2 Å². The number of nitrogens with zero attached hydrogens (tertiary/aromatic N) is 4. The van der Waals surface area contributed by atoms with Crippen molar-refractivity contribution in [2.24, 2.45) is 0 Å². The molecule has 0 bridgehead atoms. The average Bonchev–Trinajstić information content (AvgIpc) is 3.57. The second-order valence-corrected chi connectivity index (χ2v) is 9.26. The third kappa shape index (κ3) is 4.73. The van der Waals surface area contributed by atoms with Gasteiger partial charge in [-0.2, -0.15) is 5.10 Å². The second kappa shape index (κ2) is 10.2. The Bertz CT molecular complexity index is 1810. The highest BCUT2D eigenvalue weighted by Crippen LogP contribution is 2.32. The molecule has 6 rings (SSSR count). The zero-order chi connectivity index (χ0) is 27.8. The predicted molar refractivity (Wildman–Crippen MR) is 143 cm³/mol. The Morgan fingerprint density at radius 1 is 1.07 bits per heavy atom. The summed E-state index contributed by atoms with van der Waals surface area (Å²) in [4.78, 5) is 30.7. The molecule has 0 saturated heterocycles. The van der Waals surface area contributed by atoms with Crippen LogP contribution in [0, 0.1) is 19.7 Å². The summed E-state index contributed by atoms with van der Waals surface area (Å²) in [5.41, 5.74) is 3.49. The van der Waals surface area contributed by atoms with E-state index in [2.05, 4.69) is 15.4 Å². The van der Waals surface area contributed by atoms with Crippen molar-refractivity contribution in [3.05, 3.63) is 100.0 Å². The number of aromatic nitrogens is 4. The number of nitrogens with one attached hydrogen (secondary N) is 1. The Hall–Kier alpha value is -5.19. The maximum absolute atomic E-state index is 13.6. The Morgan fingerprint density at radius 3 is 2.70 bits per heavy atom. The van der Waals surface area contributed by atoms with E-state index in [0.29, 0.717) is 46.4 Å². The van der Waals surface area contributed by atoms with Crippen molar-refractivity contribution in [1.29, 1.82) is 0 Å². The summed E-state index contributed by atoms with van der Waals surface area (Å²) < 4.78 is 32.8. The van der Waals surface area contributed by atoms with E-state index in [9.17, 15) is 14.0 Å². The molecule has 2 aromatic carbocycles. The minimum absolute atomic E-state index is 0.182. The highest BCUT2D eigenvalue weighted by molar-refractivity contribution is 5.78. The Labute approximate surface area is 227 Å². The monoisotopic (exact) mass is 541 g/mol. The molecule has 0 saturated carbocycles. The van der Waals surface area contributed by atoms with E-state index < -0.39 is 0 Å². The summed E-state index contributed by atoms with van der Waals surface area (Å²) in [5.74, 6) is 0.925. The summed E-state index contributed by atoms with van der Waals surface area (Å²) in [6, 6.07) is 16.5. The van der Waals surface area contributed by atoms with Gasteiger partial charge in [-0.15, -0.1) is 0 Å². The van der Waals surface area contributed by atoms with Crippen LogP contribution in [0.25, 0.3) is 22.6 Å². The van der Waals surface area contributed by atoms with Crippen LogP contribution >= 0.6 is 0 Å². The number of ether oxygens (including phenoxy) is 3. The second-order valence-electron chi connectivity index (χ2n) is 9.26. The number of rotatable bonds is 7. The highest BCUT2D eigenvalue weighted by atomic mass is 19.1. The zero-order valence-electron chi connectivity index (χ0n) is 21.7. The molecule has 1 aliphatic rings. The van der Waals surface area contributed by atoms with Crippen LogP contribution in [0.5, 0.6) is 17.2 Å². The van der Waals surface area contributed by atoms with Crippen molar-refractivity contribution in [3.8, 4) is 34.2 Å². The van der Waals surface area contributed by atoms with Gasteiger partial charge in [-0.25, -0.2) is 14.1 Å². The molecule has 4 heterocycles. The molecule has 0 unspecified atom stereocenters. The predicted octanol–water partition coefficient (Wildman–Crippen LogP) is 3.73. The molecule has 0 spiro atoms. The van der Waals surface area contributed by atoms with E-state index in [1.807, 2.05) is 19.1 Å². The van der Waals surface area contributed by atoms with Crippen LogP contribution in [0.1, 0.15) is 17.0 Å². The summed E-state index contributed by atoms with van der Waals surface area (Å²) in [6.45, 7) is 3.78. The Balaban J connectivity index is 1.21. The molecule has 0 aliphatic carbocycles. The quantitative estimate of drug-likeness (QED) is 0.335. The van der Waals surface area contributed by atoms with Gasteiger partial charge in [0, 0.05) is 18.4 Å². The maximum atomic E-state index is 13.6. The minimum Gasteiger partial charge on any atom is -0.480 e. The van der Waals surface area contributed by atoms with Gasteiger partial charge < -0.3 is 19.5 Å². The molecule has 1 N–H and O–H groups in total. The van der Waals surface area contributed by atoms with Crippen LogP contribution < -0.4 is 25.1 Å². The van der Waals surface area contributed by atoms with Crippen LogP contribution in [0.3, 0.4) is 0 Å². The van der Waals surface area contributed by atoms with E-state index in [0.717, 1.165) is 11.3 Å². The first-order chi connectivity index (χ1) is 19.4. The summed E-state index contributed by atoms with van der Waals surface area (Å²) >= 11 is 0. The summed E-state index contributed by atoms with van der Waals surface area (Å²) in [5, 5.41) is 7.40. The first-order valence-corrected chi connectivity index (χ1v) is 12.5. The maximum Gasteiger partial charge on any atom is 0.267 e. The molecular weight excluding hydrogens is 517 g/mol.